The molecule has 100 valence electrons. The molecule has 8 heteroatoms. The van der Waals surface area contributed by atoms with Gasteiger partial charge in [-0.2, -0.15) is 15.0 Å². The molecule has 0 aliphatic carbocycles. The third-order valence-corrected chi connectivity index (χ3v) is 3.17. The lowest BCUT2D eigenvalue weighted by molar-refractivity contribution is -0.144. The molecule has 0 saturated heterocycles. The molecular formula is C10H16N4O2S2. The van der Waals surface area contributed by atoms with Crippen LogP contribution in [0.25, 0.3) is 0 Å². The van der Waals surface area contributed by atoms with Crippen molar-refractivity contribution >= 4 is 35.4 Å². The number of nitrogens with zero attached hydrogens (tertiary/aromatic N) is 3. The molecule has 0 aliphatic rings. The Morgan fingerprint density at radius 3 is 2.06 bits per heavy atom. The lowest BCUT2D eigenvalue weighted by Gasteiger charge is -2.23. The second-order valence-corrected chi connectivity index (χ2v) is 5.42. The first-order valence-corrected chi connectivity index (χ1v) is 7.58. The van der Waals surface area contributed by atoms with Crippen molar-refractivity contribution in [1.82, 2.24) is 15.0 Å². The number of thioether (sulfide) groups is 2. The van der Waals surface area contributed by atoms with Crippen molar-refractivity contribution in [3.63, 3.8) is 0 Å². The molecule has 1 heterocycles. The highest BCUT2D eigenvalue weighted by Gasteiger charge is 2.29. The fourth-order valence-corrected chi connectivity index (χ4v) is 1.93. The molecule has 0 unspecified atom stereocenters. The Labute approximate surface area is 115 Å². The largest absolute Gasteiger partial charge is 0.467 e. The van der Waals surface area contributed by atoms with Gasteiger partial charge in [0.05, 0.1) is 7.11 Å². The molecule has 0 aromatic carbocycles. The first-order valence-electron chi connectivity index (χ1n) is 5.13. The number of methoxy groups -OCH3 is 1. The molecule has 0 aliphatic heterocycles. The number of rotatable bonds is 5. The molecular weight excluding hydrogens is 272 g/mol. The molecule has 0 atom stereocenters. The minimum Gasteiger partial charge on any atom is -0.467 e. The van der Waals surface area contributed by atoms with Crippen LogP contribution in [0.1, 0.15) is 13.8 Å². The predicted molar refractivity (Wildman–Crippen MR) is 73.1 cm³/mol. The standard InChI is InChI=1S/C10H16N4O2S2/c1-10(2,6(15)16-3)14-7-11-8(17-4)13-9(12-7)18-5/h1-5H3,(H,11,12,13,14). The van der Waals surface area contributed by atoms with Crippen LogP contribution in [0.4, 0.5) is 5.95 Å². The second kappa shape index (κ2) is 6.24. The quantitative estimate of drug-likeness (QED) is 0.648. The van der Waals surface area contributed by atoms with Crippen molar-refractivity contribution in [2.75, 3.05) is 24.9 Å². The number of carbonyl (C=O) groups excluding carboxylic acids is 1. The van der Waals surface area contributed by atoms with Crippen LogP contribution in [-0.4, -0.2) is 46.1 Å². The molecule has 1 N–H and O–H groups in total. The number of hydrogen-bond acceptors (Lipinski definition) is 8. The van der Waals surface area contributed by atoms with E-state index in [1.54, 1.807) is 13.8 Å². The molecule has 0 saturated carbocycles. The van der Waals surface area contributed by atoms with Crippen LogP contribution >= 0.6 is 23.5 Å². The molecule has 1 aromatic heterocycles. The predicted octanol–water partition coefficient (Wildman–Crippen LogP) is 1.68. The van der Waals surface area contributed by atoms with Crippen LogP contribution in [0.2, 0.25) is 0 Å². The van der Waals surface area contributed by atoms with Gasteiger partial charge >= 0.3 is 5.97 Å². The molecule has 0 amide bonds. The van der Waals surface area contributed by atoms with Crippen LogP contribution in [0.15, 0.2) is 10.3 Å². The normalized spacial score (nSPS) is 11.2. The maximum absolute atomic E-state index is 11.6. The highest BCUT2D eigenvalue weighted by molar-refractivity contribution is 7.99. The number of anilines is 1. The summed E-state index contributed by atoms with van der Waals surface area (Å²) in [5.41, 5.74) is -0.887. The monoisotopic (exact) mass is 288 g/mol. The molecule has 1 rings (SSSR count). The number of aromatic nitrogens is 3. The van der Waals surface area contributed by atoms with Gasteiger partial charge in [-0.25, -0.2) is 4.79 Å². The first-order chi connectivity index (χ1) is 8.42. The topological polar surface area (TPSA) is 77.0 Å². The lowest BCUT2D eigenvalue weighted by Crippen LogP contribution is -2.41. The van der Waals surface area contributed by atoms with Gasteiger partial charge in [-0.3, -0.25) is 0 Å². The summed E-state index contributed by atoms with van der Waals surface area (Å²) in [6.45, 7) is 3.42. The van der Waals surface area contributed by atoms with Crippen molar-refractivity contribution in [3.8, 4) is 0 Å². The minimum absolute atomic E-state index is 0.370. The van der Waals surface area contributed by atoms with E-state index in [9.17, 15) is 4.79 Å². The van der Waals surface area contributed by atoms with E-state index in [-0.39, 0.29) is 5.97 Å². The van der Waals surface area contributed by atoms with E-state index in [2.05, 4.69) is 20.3 Å². The zero-order valence-corrected chi connectivity index (χ0v) is 12.6. The highest BCUT2D eigenvalue weighted by Crippen LogP contribution is 2.19. The van der Waals surface area contributed by atoms with Gasteiger partial charge in [-0.05, 0) is 26.4 Å². The average molecular weight is 288 g/mol. The van der Waals surface area contributed by atoms with E-state index in [0.29, 0.717) is 16.3 Å². The summed E-state index contributed by atoms with van der Waals surface area (Å²) in [4.78, 5) is 24.2. The smallest absolute Gasteiger partial charge is 0.330 e. The molecule has 18 heavy (non-hydrogen) atoms. The fraction of sp³-hybridized carbons (Fsp3) is 0.600. The van der Waals surface area contributed by atoms with Crippen LogP contribution in [0.3, 0.4) is 0 Å². The Kier molecular flexibility index (Phi) is 5.21. The highest BCUT2D eigenvalue weighted by atomic mass is 32.2. The minimum atomic E-state index is -0.887. The summed E-state index contributed by atoms with van der Waals surface area (Å²) in [5.74, 6) is -0.00610. The number of ether oxygens (including phenoxy) is 1. The Morgan fingerprint density at radius 2 is 1.67 bits per heavy atom. The zero-order valence-electron chi connectivity index (χ0n) is 11.0. The summed E-state index contributed by atoms with van der Waals surface area (Å²) >= 11 is 2.84. The van der Waals surface area contributed by atoms with E-state index < -0.39 is 5.54 Å². The van der Waals surface area contributed by atoms with Gasteiger partial charge in [0.15, 0.2) is 10.3 Å². The van der Waals surface area contributed by atoms with E-state index in [1.807, 2.05) is 12.5 Å². The van der Waals surface area contributed by atoms with Crippen LogP contribution < -0.4 is 5.32 Å². The summed E-state index contributed by atoms with van der Waals surface area (Å²) in [5, 5.41) is 4.17. The first kappa shape index (κ1) is 15.0. The molecule has 0 spiro atoms. The Hall–Kier alpha value is -1.02. The van der Waals surface area contributed by atoms with E-state index in [0.717, 1.165) is 0 Å². The van der Waals surface area contributed by atoms with Crippen molar-refractivity contribution in [1.29, 1.82) is 0 Å². The maximum atomic E-state index is 11.6. The second-order valence-electron chi connectivity index (χ2n) is 3.87. The van der Waals surface area contributed by atoms with Crippen molar-refractivity contribution in [2.24, 2.45) is 0 Å². The Balaban J connectivity index is 2.99. The van der Waals surface area contributed by atoms with Crippen molar-refractivity contribution in [2.45, 2.75) is 29.7 Å². The number of nitrogens with one attached hydrogen (secondary N) is 1. The van der Waals surface area contributed by atoms with E-state index in [4.69, 9.17) is 4.74 Å². The van der Waals surface area contributed by atoms with Crippen molar-refractivity contribution in [3.05, 3.63) is 0 Å². The summed E-state index contributed by atoms with van der Waals surface area (Å²) in [7, 11) is 1.35. The summed E-state index contributed by atoms with van der Waals surface area (Å²) in [6.07, 6.45) is 3.77. The van der Waals surface area contributed by atoms with Gasteiger partial charge in [0.2, 0.25) is 5.95 Å². The van der Waals surface area contributed by atoms with Gasteiger partial charge in [0.1, 0.15) is 5.54 Å². The van der Waals surface area contributed by atoms with E-state index >= 15 is 0 Å². The molecule has 0 fully saturated rings. The van der Waals surface area contributed by atoms with Crippen LogP contribution in [0, 0.1) is 0 Å². The van der Waals surface area contributed by atoms with Crippen LogP contribution in [-0.2, 0) is 9.53 Å². The molecule has 1 aromatic rings. The van der Waals surface area contributed by atoms with Crippen molar-refractivity contribution < 1.29 is 9.53 Å². The van der Waals surface area contributed by atoms with Gasteiger partial charge in [0, 0.05) is 0 Å². The fourth-order valence-electron chi connectivity index (χ4n) is 1.16. The molecule has 0 radical (unpaired) electrons. The van der Waals surface area contributed by atoms with Gasteiger partial charge in [0.25, 0.3) is 0 Å². The SMILES string of the molecule is COC(=O)C(C)(C)Nc1nc(SC)nc(SC)n1. The molecule has 0 bridgehead atoms. The zero-order chi connectivity index (χ0) is 13.8. The Bertz CT molecular complexity index is 418. The third-order valence-electron chi connectivity index (χ3n) is 2.08. The van der Waals surface area contributed by atoms with Gasteiger partial charge < -0.3 is 10.1 Å². The summed E-state index contributed by atoms with van der Waals surface area (Å²) < 4.78 is 4.72. The van der Waals surface area contributed by atoms with Gasteiger partial charge in [-0.15, -0.1) is 0 Å². The third kappa shape index (κ3) is 3.74. The number of esters is 1. The van der Waals surface area contributed by atoms with E-state index in [1.165, 1.54) is 30.6 Å². The van der Waals surface area contributed by atoms with Gasteiger partial charge in [-0.1, -0.05) is 23.5 Å². The Morgan fingerprint density at radius 1 is 1.17 bits per heavy atom. The number of carbonyl (C=O) groups is 1. The van der Waals surface area contributed by atoms with Crippen LogP contribution in [0.5, 0.6) is 0 Å². The molecule has 6 nitrogen and oxygen atoms in total. The number of hydrogen-bond donors (Lipinski definition) is 1. The average Bonchev–Trinajstić information content (AvgIpc) is 2.36. The summed E-state index contributed by atoms with van der Waals surface area (Å²) in [6, 6.07) is 0. The lowest BCUT2D eigenvalue weighted by atomic mass is 10.1. The maximum Gasteiger partial charge on any atom is 0.330 e.